The van der Waals surface area contributed by atoms with Gasteiger partial charge in [-0.3, -0.25) is 14.5 Å². The zero-order chi connectivity index (χ0) is 26.1. The number of morpholine rings is 1. The summed E-state index contributed by atoms with van der Waals surface area (Å²) in [5, 5.41) is 11.5. The number of carbonyl (C=O) groups excluding carboxylic acids is 2. The Morgan fingerprint density at radius 1 is 1.03 bits per heavy atom. The maximum absolute atomic E-state index is 13.4. The molecule has 3 aliphatic heterocycles. The number of ether oxygens (including phenoxy) is 4. The van der Waals surface area contributed by atoms with E-state index in [4.69, 9.17) is 18.9 Å². The molecule has 2 aromatic rings. The molecule has 0 saturated carbocycles. The van der Waals surface area contributed by atoms with Crippen molar-refractivity contribution < 1.29 is 33.6 Å². The summed E-state index contributed by atoms with van der Waals surface area (Å²) in [7, 11) is 3.08. The molecular formula is C28H32N2O7. The van der Waals surface area contributed by atoms with Gasteiger partial charge in [-0.1, -0.05) is 6.07 Å². The SMILES string of the molecule is COc1ccc(C2/C(=C(/O)c3ccc4c(c3)CC(C)O4)C(=O)C(=O)N2CCN2CCOCC2)cc1OC. The average Bonchev–Trinajstić information content (AvgIpc) is 3.42. The van der Waals surface area contributed by atoms with Crippen LogP contribution in [0.3, 0.4) is 0 Å². The molecule has 0 spiro atoms. The first-order valence-electron chi connectivity index (χ1n) is 12.5. The fourth-order valence-electron chi connectivity index (χ4n) is 5.28. The van der Waals surface area contributed by atoms with Crippen molar-refractivity contribution in [3.05, 3.63) is 58.7 Å². The Balaban J connectivity index is 1.56. The van der Waals surface area contributed by atoms with Crippen molar-refractivity contribution in [2.45, 2.75) is 25.5 Å². The van der Waals surface area contributed by atoms with Crippen molar-refractivity contribution in [3.63, 3.8) is 0 Å². The minimum Gasteiger partial charge on any atom is -0.507 e. The lowest BCUT2D eigenvalue weighted by atomic mass is 9.94. The number of aliphatic hydroxyl groups is 1. The molecule has 0 bridgehead atoms. The van der Waals surface area contributed by atoms with Crippen molar-refractivity contribution in [2.24, 2.45) is 0 Å². The van der Waals surface area contributed by atoms with Crippen LogP contribution in [0.15, 0.2) is 42.0 Å². The van der Waals surface area contributed by atoms with Crippen LogP contribution in [0.5, 0.6) is 17.2 Å². The highest BCUT2D eigenvalue weighted by Gasteiger charge is 2.46. The molecule has 3 aliphatic rings. The minimum absolute atomic E-state index is 0.0462. The van der Waals surface area contributed by atoms with E-state index in [2.05, 4.69) is 4.90 Å². The highest BCUT2D eigenvalue weighted by Crippen LogP contribution is 2.42. The van der Waals surface area contributed by atoms with Crippen LogP contribution in [0.2, 0.25) is 0 Å². The number of ketones is 1. The van der Waals surface area contributed by atoms with E-state index >= 15 is 0 Å². The number of likely N-dealkylation sites (tertiary alicyclic amines) is 1. The Hall–Kier alpha value is -3.56. The van der Waals surface area contributed by atoms with Crippen molar-refractivity contribution in [1.82, 2.24) is 9.80 Å². The van der Waals surface area contributed by atoms with Crippen molar-refractivity contribution >= 4 is 17.4 Å². The van der Waals surface area contributed by atoms with Crippen molar-refractivity contribution in [3.8, 4) is 17.2 Å². The van der Waals surface area contributed by atoms with Crippen LogP contribution < -0.4 is 14.2 Å². The third-order valence-corrected chi connectivity index (χ3v) is 7.19. The molecule has 9 nitrogen and oxygen atoms in total. The van der Waals surface area contributed by atoms with E-state index in [-0.39, 0.29) is 17.4 Å². The van der Waals surface area contributed by atoms with Crippen LogP contribution in [-0.4, -0.2) is 86.3 Å². The van der Waals surface area contributed by atoms with E-state index < -0.39 is 17.7 Å². The van der Waals surface area contributed by atoms with Crippen molar-refractivity contribution in [1.29, 1.82) is 0 Å². The molecule has 0 aromatic heterocycles. The Bertz CT molecular complexity index is 1240. The number of benzene rings is 2. The number of nitrogens with zero attached hydrogens (tertiary/aromatic N) is 2. The van der Waals surface area contributed by atoms with E-state index in [1.807, 2.05) is 13.0 Å². The molecule has 2 fully saturated rings. The fraction of sp³-hybridized carbons (Fsp3) is 0.429. The Kier molecular flexibility index (Phi) is 7.08. The molecule has 5 rings (SSSR count). The number of carbonyl (C=O) groups is 2. The van der Waals surface area contributed by atoms with E-state index in [0.29, 0.717) is 55.4 Å². The summed E-state index contributed by atoms with van der Waals surface area (Å²) in [6.45, 7) is 5.71. The van der Waals surface area contributed by atoms with Crippen LogP contribution in [0.1, 0.15) is 29.7 Å². The molecule has 0 aliphatic carbocycles. The maximum Gasteiger partial charge on any atom is 0.295 e. The van der Waals surface area contributed by atoms with Crippen LogP contribution in [-0.2, 0) is 20.7 Å². The number of fused-ring (bicyclic) bond motifs is 1. The fourth-order valence-corrected chi connectivity index (χ4v) is 5.28. The molecule has 1 N–H and O–H groups in total. The van der Waals surface area contributed by atoms with Gasteiger partial charge in [0.15, 0.2) is 11.5 Å². The number of hydrogen-bond donors (Lipinski definition) is 1. The topological polar surface area (TPSA) is 97.8 Å². The van der Waals surface area contributed by atoms with Gasteiger partial charge in [0.05, 0.1) is 39.0 Å². The molecule has 2 unspecified atom stereocenters. The van der Waals surface area contributed by atoms with E-state index in [9.17, 15) is 14.7 Å². The van der Waals surface area contributed by atoms with Crippen LogP contribution in [0.25, 0.3) is 5.76 Å². The highest BCUT2D eigenvalue weighted by molar-refractivity contribution is 6.46. The molecule has 2 saturated heterocycles. The molecule has 37 heavy (non-hydrogen) atoms. The largest absolute Gasteiger partial charge is 0.507 e. The molecule has 2 aromatic carbocycles. The van der Waals surface area contributed by atoms with E-state index in [0.717, 1.165) is 24.4 Å². The summed E-state index contributed by atoms with van der Waals surface area (Å²) in [4.78, 5) is 30.5. The first-order valence-corrected chi connectivity index (χ1v) is 12.5. The number of Topliss-reactive ketones (excluding diaryl/α,β-unsaturated/α-hetero) is 1. The number of methoxy groups -OCH3 is 2. The molecule has 1 amide bonds. The maximum atomic E-state index is 13.4. The molecule has 196 valence electrons. The average molecular weight is 509 g/mol. The molecule has 0 radical (unpaired) electrons. The first-order chi connectivity index (χ1) is 17.9. The third-order valence-electron chi connectivity index (χ3n) is 7.19. The van der Waals surface area contributed by atoms with Crippen molar-refractivity contribution in [2.75, 3.05) is 53.6 Å². The van der Waals surface area contributed by atoms with Crippen LogP contribution in [0, 0.1) is 0 Å². The summed E-state index contributed by atoms with van der Waals surface area (Å²) in [5.41, 5.74) is 2.15. The second kappa shape index (κ2) is 10.4. The quantitative estimate of drug-likeness (QED) is 0.347. The summed E-state index contributed by atoms with van der Waals surface area (Å²) < 4.78 is 22.1. The van der Waals surface area contributed by atoms with E-state index in [1.165, 1.54) is 7.11 Å². The predicted molar refractivity (Wildman–Crippen MR) is 136 cm³/mol. The molecule has 2 atom stereocenters. The number of amides is 1. The summed E-state index contributed by atoms with van der Waals surface area (Å²) in [6, 6.07) is 9.87. The Labute approximate surface area is 216 Å². The monoisotopic (exact) mass is 508 g/mol. The lowest BCUT2D eigenvalue weighted by Gasteiger charge is -2.31. The number of aliphatic hydroxyl groups excluding tert-OH is 1. The normalized spacial score (nSPS) is 23.2. The van der Waals surface area contributed by atoms with Gasteiger partial charge in [-0.2, -0.15) is 0 Å². The van der Waals surface area contributed by atoms with Crippen LogP contribution >= 0.6 is 0 Å². The number of hydrogen-bond acceptors (Lipinski definition) is 8. The van der Waals surface area contributed by atoms with Gasteiger partial charge in [-0.05, 0) is 48.4 Å². The second-order valence-corrected chi connectivity index (χ2v) is 9.52. The predicted octanol–water partition coefficient (Wildman–Crippen LogP) is 2.78. The standard InChI is InChI=1S/C28H32N2O7/c1-17-14-20-15-19(5-6-21(20)37-17)26(31)24-25(18-4-7-22(34-2)23(16-18)35-3)30(28(33)27(24)32)9-8-29-10-12-36-13-11-29/h4-7,15-17,25,31H,8-14H2,1-3H3/b26-24-. The summed E-state index contributed by atoms with van der Waals surface area (Å²) in [5.74, 6) is 0.240. The van der Waals surface area contributed by atoms with Crippen LogP contribution in [0.4, 0.5) is 0 Å². The smallest absolute Gasteiger partial charge is 0.295 e. The Morgan fingerprint density at radius 3 is 2.51 bits per heavy atom. The zero-order valence-corrected chi connectivity index (χ0v) is 21.4. The van der Waals surface area contributed by atoms with Gasteiger partial charge in [0, 0.05) is 38.2 Å². The van der Waals surface area contributed by atoms with Gasteiger partial charge < -0.3 is 29.0 Å². The van der Waals surface area contributed by atoms with Gasteiger partial charge in [0.1, 0.15) is 17.6 Å². The lowest BCUT2D eigenvalue weighted by molar-refractivity contribution is -0.140. The summed E-state index contributed by atoms with van der Waals surface area (Å²) in [6.07, 6.45) is 0.758. The second-order valence-electron chi connectivity index (χ2n) is 9.52. The Morgan fingerprint density at radius 2 is 1.78 bits per heavy atom. The third kappa shape index (κ3) is 4.76. The van der Waals surface area contributed by atoms with E-state index in [1.54, 1.807) is 42.3 Å². The van der Waals surface area contributed by atoms with Gasteiger partial charge in [0.2, 0.25) is 0 Å². The molecule has 3 heterocycles. The minimum atomic E-state index is -0.774. The van der Waals surface area contributed by atoms with Gasteiger partial charge in [-0.25, -0.2) is 0 Å². The van der Waals surface area contributed by atoms with Gasteiger partial charge in [-0.15, -0.1) is 0 Å². The van der Waals surface area contributed by atoms with Gasteiger partial charge in [0.25, 0.3) is 11.7 Å². The number of rotatable bonds is 7. The molecule has 9 heteroatoms. The lowest BCUT2D eigenvalue weighted by Crippen LogP contribution is -2.42. The van der Waals surface area contributed by atoms with Gasteiger partial charge >= 0.3 is 0 Å². The zero-order valence-electron chi connectivity index (χ0n) is 21.4. The molecular weight excluding hydrogens is 476 g/mol. The first kappa shape index (κ1) is 25.1. The highest BCUT2D eigenvalue weighted by atomic mass is 16.5. The summed E-state index contributed by atoms with van der Waals surface area (Å²) >= 11 is 0.